The van der Waals surface area contributed by atoms with Crippen molar-refractivity contribution in [2.24, 2.45) is 5.92 Å². The molecule has 6 rings (SSSR count). The van der Waals surface area contributed by atoms with E-state index < -0.39 is 70.2 Å². The second kappa shape index (κ2) is 15.7. The zero-order valence-corrected chi connectivity index (χ0v) is 31.5. The lowest BCUT2D eigenvalue weighted by molar-refractivity contribution is -0.141. The highest BCUT2D eigenvalue weighted by atomic mass is 32.2. The van der Waals surface area contributed by atoms with E-state index in [0.29, 0.717) is 30.8 Å². The van der Waals surface area contributed by atoms with E-state index in [1.54, 1.807) is 49.9 Å². The third-order valence-corrected chi connectivity index (χ3v) is 11.2. The van der Waals surface area contributed by atoms with E-state index in [-0.39, 0.29) is 25.3 Å². The number of allylic oxidation sites excluding steroid dienone is 1. The zero-order chi connectivity index (χ0) is 37.9. The largest absolute Gasteiger partial charge is 0.444 e. The third-order valence-electron chi connectivity index (χ3n) is 10.1. The van der Waals surface area contributed by atoms with Crippen molar-refractivity contribution in [1.82, 2.24) is 25.2 Å². The number of hydrogen-bond donors (Lipinski definition) is 3. The number of carbonyl (C=O) groups is 5. The molecule has 0 bridgehead atoms. The van der Waals surface area contributed by atoms with Gasteiger partial charge in [-0.05, 0) is 76.6 Å². The smallest absolute Gasteiger partial charge is 0.410 e. The molecule has 0 spiro atoms. The molecule has 2 aromatic rings. The van der Waals surface area contributed by atoms with Crippen LogP contribution in [-0.4, -0.2) is 79.8 Å². The van der Waals surface area contributed by atoms with Gasteiger partial charge in [0.15, 0.2) is 11.0 Å². The lowest BCUT2D eigenvalue weighted by atomic mass is 10.0. The first-order chi connectivity index (χ1) is 25.2. The van der Waals surface area contributed by atoms with Gasteiger partial charge in [0.2, 0.25) is 11.8 Å². The number of nitrogens with one attached hydrogen (secondary N) is 3. The number of fused-ring (bicyclic) bond motifs is 3. The fourth-order valence-corrected chi connectivity index (χ4v) is 8.04. The average Bonchev–Trinajstić information content (AvgIpc) is 3.40. The molecule has 6 atom stereocenters. The quantitative estimate of drug-likeness (QED) is 0.376. The SMILES string of the molecule is Cc1ccc([S@@](=O)NC(=O)[C@@]23C[C@H]2C=CCCCCC[C@H](NC(=O)OC(C)(C)C)C(=O)N2C[C@H](OC(=O)N4Cc5ccccc5C4)C[C@H]2C(=O)N3)cc1. The van der Waals surface area contributed by atoms with Crippen LogP contribution < -0.4 is 15.4 Å². The molecular weight excluding hydrogens is 699 g/mol. The van der Waals surface area contributed by atoms with Gasteiger partial charge in [-0.2, -0.15) is 0 Å². The maximum absolute atomic E-state index is 14.4. The summed E-state index contributed by atoms with van der Waals surface area (Å²) in [5.41, 5.74) is 0.824. The van der Waals surface area contributed by atoms with Gasteiger partial charge in [0, 0.05) is 25.4 Å². The Morgan fingerprint density at radius 2 is 1.68 bits per heavy atom. The van der Waals surface area contributed by atoms with Gasteiger partial charge in [-0.15, -0.1) is 0 Å². The molecule has 53 heavy (non-hydrogen) atoms. The van der Waals surface area contributed by atoms with Crippen molar-refractivity contribution in [2.45, 2.75) is 120 Å². The second-order valence-electron chi connectivity index (χ2n) is 15.4. The highest BCUT2D eigenvalue weighted by Gasteiger charge is 2.61. The van der Waals surface area contributed by atoms with Gasteiger partial charge in [-0.3, -0.25) is 24.0 Å². The predicted octanol–water partition coefficient (Wildman–Crippen LogP) is 4.54. The minimum absolute atomic E-state index is 0.0171. The fraction of sp³-hybridized carbons (Fsp3) is 0.513. The lowest BCUT2D eigenvalue weighted by Crippen LogP contribution is -2.58. The molecule has 0 radical (unpaired) electrons. The maximum atomic E-state index is 14.4. The zero-order valence-electron chi connectivity index (χ0n) is 30.7. The molecule has 3 aliphatic heterocycles. The standard InChI is InChI=1S/C39H49N5O8S/c1-25-16-18-30(19-17-25)53(50)42-35(47)39-21-28(39)14-8-6-5-7-9-15-31(40-36(48)52-38(2,3)4)34(46)44-24-29(20-32(44)33(45)41-39)51-37(49)43-22-26-12-10-11-13-27(26)23-43/h8,10-14,16-19,28-29,31-32H,5-7,9,15,20-24H2,1-4H3,(H,40,48)(H,41,45)(H,42,47)/t28-,29-,31+,32+,39-,53-/m1/s1. The van der Waals surface area contributed by atoms with Crippen LogP contribution in [0.15, 0.2) is 65.6 Å². The maximum Gasteiger partial charge on any atom is 0.410 e. The van der Waals surface area contributed by atoms with Gasteiger partial charge < -0.3 is 25.0 Å². The van der Waals surface area contributed by atoms with Crippen molar-refractivity contribution in [1.29, 1.82) is 0 Å². The van der Waals surface area contributed by atoms with Crippen LogP contribution in [0.1, 0.15) is 82.4 Å². The molecule has 1 saturated carbocycles. The number of ether oxygens (including phenoxy) is 2. The van der Waals surface area contributed by atoms with Crippen LogP contribution in [0.25, 0.3) is 0 Å². The Hall–Kier alpha value is -4.72. The van der Waals surface area contributed by atoms with E-state index in [4.69, 9.17) is 9.47 Å². The molecule has 0 unspecified atom stereocenters. The molecule has 0 aromatic heterocycles. The van der Waals surface area contributed by atoms with Gasteiger partial charge >= 0.3 is 12.2 Å². The molecule has 3 N–H and O–H groups in total. The normalized spacial score (nSPS) is 26.5. The van der Waals surface area contributed by atoms with Crippen molar-refractivity contribution in [3.05, 3.63) is 77.4 Å². The number of rotatable bonds is 5. The van der Waals surface area contributed by atoms with Gasteiger partial charge in [0.1, 0.15) is 29.3 Å². The lowest BCUT2D eigenvalue weighted by Gasteiger charge is -2.30. The summed E-state index contributed by atoms with van der Waals surface area (Å²) in [6, 6.07) is 12.6. The Balaban J connectivity index is 1.25. The topological polar surface area (TPSA) is 163 Å². The van der Waals surface area contributed by atoms with Gasteiger partial charge in [-0.1, -0.05) is 67.0 Å². The molecule has 4 aliphatic rings. The van der Waals surface area contributed by atoms with Crippen molar-refractivity contribution in [3.8, 4) is 0 Å². The number of alkyl carbamates (subject to hydrolysis) is 1. The highest BCUT2D eigenvalue weighted by molar-refractivity contribution is 7.83. The summed E-state index contributed by atoms with van der Waals surface area (Å²) in [5, 5.41) is 5.66. The predicted molar refractivity (Wildman–Crippen MR) is 196 cm³/mol. The summed E-state index contributed by atoms with van der Waals surface area (Å²) >= 11 is 0. The molecular formula is C39H49N5O8S. The number of benzene rings is 2. The molecule has 3 heterocycles. The molecule has 1 aliphatic carbocycles. The second-order valence-corrected chi connectivity index (χ2v) is 16.6. The number of carbonyl (C=O) groups excluding carboxylic acids is 5. The van der Waals surface area contributed by atoms with Gasteiger partial charge in [0.25, 0.3) is 5.91 Å². The molecule has 2 aromatic carbocycles. The van der Waals surface area contributed by atoms with Gasteiger partial charge in [-0.25, -0.2) is 13.8 Å². The van der Waals surface area contributed by atoms with Crippen molar-refractivity contribution < 1.29 is 37.7 Å². The van der Waals surface area contributed by atoms with Crippen molar-refractivity contribution in [2.75, 3.05) is 6.54 Å². The molecule has 1 saturated heterocycles. The molecule has 13 nitrogen and oxygen atoms in total. The number of hydrogen-bond acceptors (Lipinski definition) is 8. The van der Waals surface area contributed by atoms with Crippen LogP contribution in [0.3, 0.4) is 0 Å². The Bertz CT molecular complexity index is 1770. The van der Waals surface area contributed by atoms with Crippen LogP contribution in [0.4, 0.5) is 9.59 Å². The number of nitrogens with zero attached hydrogens (tertiary/aromatic N) is 2. The summed E-state index contributed by atoms with van der Waals surface area (Å²) in [7, 11) is -1.88. The van der Waals surface area contributed by atoms with E-state index in [1.165, 1.54) is 4.90 Å². The Labute approximate surface area is 312 Å². The highest BCUT2D eigenvalue weighted by Crippen LogP contribution is 2.46. The Kier molecular flexibility index (Phi) is 11.3. The third kappa shape index (κ3) is 9.09. The van der Waals surface area contributed by atoms with Crippen molar-refractivity contribution in [3.63, 3.8) is 0 Å². The van der Waals surface area contributed by atoms with Crippen LogP contribution in [0.2, 0.25) is 0 Å². The fourth-order valence-electron chi connectivity index (χ4n) is 7.19. The summed E-state index contributed by atoms with van der Waals surface area (Å²) in [5.74, 6) is -2.07. The summed E-state index contributed by atoms with van der Waals surface area (Å²) in [6.45, 7) is 7.76. The van der Waals surface area contributed by atoms with E-state index in [9.17, 15) is 28.2 Å². The van der Waals surface area contributed by atoms with E-state index in [0.717, 1.165) is 36.0 Å². The first-order valence-electron chi connectivity index (χ1n) is 18.3. The number of aryl methyl sites for hydroxylation is 1. The minimum atomic E-state index is -1.88. The Morgan fingerprint density at radius 1 is 0.981 bits per heavy atom. The summed E-state index contributed by atoms with van der Waals surface area (Å²) < 4.78 is 27.2. The van der Waals surface area contributed by atoms with Crippen LogP contribution in [0.5, 0.6) is 0 Å². The van der Waals surface area contributed by atoms with Crippen LogP contribution >= 0.6 is 0 Å². The first kappa shape index (κ1) is 38.0. The van der Waals surface area contributed by atoms with Gasteiger partial charge in [0.05, 0.1) is 11.4 Å². The van der Waals surface area contributed by atoms with E-state index in [1.807, 2.05) is 43.3 Å². The minimum Gasteiger partial charge on any atom is -0.444 e. The number of amides is 5. The summed E-state index contributed by atoms with van der Waals surface area (Å²) in [4.78, 5) is 72.2. The average molecular weight is 748 g/mol. The Morgan fingerprint density at radius 3 is 2.36 bits per heavy atom. The summed E-state index contributed by atoms with van der Waals surface area (Å²) in [6.07, 6.45) is 5.25. The molecule has 14 heteroatoms. The molecule has 284 valence electrons. The first-order valence-corrected chi connectivity index (χ1v) is 19.5. The van der Waals surface area contributed by atoms with Crippen LogP contribution in [-0.2, 0) is 47.9 Å². The molecule has 2 fully saturated rings. The van der Waals surface area contributed by atoms with Crippen molar-refractivity contribution >= 4 is 40.9 Å². The molecule has 5 amide bonds. The monoisotopic (exact) mass is 747 g/mol. The van der Waals surface area contributed by atoms with Crippen LogP contribution in [0, 0.1) is 12.8 Å². The van der Waals surface area contributed by atoms with E-state index in [2.05, 4.69) is 15.4 Å². The van der Waals surface area contributed by atoms with E-state index >= 15 is 0 Å².